The summed E-state index contributed by atoms with van der Waals surface area (Å²) in [5.74, 6) is -0.101. The monoisotopic (exact) mass is 360 g/mol. The van der Waals surface area contributed by atoms with Crippen LogP contribution in [0.15, 0.2) is 53.0 Å². The van der Waals surface area contributed by atoms with Crippen molar-refractivity contribution in [2.75, 3.05) is 17.3 Å². The van der Waals surface area contributed by atoms with Gasteiger partial charge in [0.05, 0.1) is 6.42 Å². The van der Waals surface area contributed by atoms with Gasteiger partial charge in [0.25, 0.3) is 0 Å². The van der Waals surface area contributed by atoms with Gasteiger partial charge in [0, 0.05) is 29.8 Å². The van der Waals surface area contributed by atoms with E-state index >= 15 is 0 Å². The van der Waals surface area contributed by atoms with Gasteiger partial charge in [-0.15, -0.1) is 0 Å². The number of nitrogens with one attached hydrogen (secondary N) is 1. The van der Waals surface area contributed by atoms with Crippen molar-refractivity contribution in [2.24, 2.45) is 0 Å². The standard InChI is InChI=1S/C17H17BrN2O2/c1-12(21)20(2)16-9-3-13(4-10-16)11-17(22)19-15-7-5-14(18)6-8-15/h3-10H,11H2,1-2H3,(H,19,22). The molecule has 2 aromatic rings. The lowest BCUT2D eigenvalue weighted by Crippen LogP contribution is -2.22. The average Bonchev–Trinajstić information content (AvgIpc) is 2.49. The number of anilines is 2. The largest absolute Gasteiger partial charge is 0.326 e. The highest BCUT2D eigenvalue weighted by Gasteiger charge is 2.07. The van der Waals surface area contributed by atoms with Gasteiger partial charge in [-0.1, -0.05) is 28.1 Å². The van der Waals surface area contributed by atoms with Crippen molar-refractivity contribution >= 4 is 39.1 Å². The third-order valence-corrected chi connectivity index (χ3v) is 3.82. The quantitative estimate of drug-likeness (QED) is 0.905. The maximum Gasteiger partial charge on any atom is 0.228 e. The number of carbonyl (C=O) groups excluding carboxylic acids is 2. The first-order chi connectivity index (χ1) is 10.5. The number of amides is 2. The van der Waals surface area contributed by atoms with Gasteiger partial charge in [-0.05, 0) is 42.0 Å². The summed E-state index contributed by atoms with van der Waals surface area (Å²) in [5.41, 5.74) is 2.47. The zero-order valence-electron chi connectivity index (χ0n) is 12.5. The minimum Gasteiger partial charge on any atom is -0.326 e. The SMILES string of the molecule is CC(=O)N(C)c1ccc(CC(=O)Nc2ccc(Br)cc2)cc1. The van der Waals surface area contributed by atoms with Crippen LogP contribution in [-0.4, -0.2) is 18.9 Å². The van der Waals surface area contributed by atoms with E-state index in [2.05, 4.69) is 21.2 Å². The molecule has 1 N–H and O–H groups in total. The molecule has 0 aliphatic rings. The Labute approximate surface area is 138 Å². The van der Waals surface area contributed by atoms with Gasteiger partial charge in [0.2, 0.25) is 11.8 Å². The molecule has 0 spiro atoms. The summed E-state index contributed by atoms with van der Waals surface area (Å²) < 4.78 is 0.968. The fourth-order valence-corrected chi connectivity index (χ4v) is 2.21. The topological polar surface area (TPSA) is 49.4 Å². The average molecular weight is 361 g/mol. The second-order valence-electron chi connectivity index (χ2n) is 4.98. The molecule has 22 heavy (non-hydrogen) atoms. The van der Waals surface area contributed by atoms with Crippen LogP contribution < -0.4 is 10.2 Å². The van der Waals surface area contributed by atoms with Gasteiger partial charge in [-0.2, -0.15) is 0 Å². The summed E-state index contributed by atoms with van der Waals surface area (Å²) in [7, 11) is 1.72. The smallest absolute Gasteiger partial charge is 0.228 e. The zero-order chi connectivity index (χ0) is 16.1. The molecule has 0 aliphatic heterocycles. The van der Waals surface area contributed by atoms with Crippen LogP contribution in [-0.2, 0) is 16.0 Å². The van der Waals surface area contributed by atoms with Gasteiger partial charge >= 0.3 is 0 Å². The van der Waals surface area contributed by atoms with E-state index in [1.54, 1.807) is 11.9 Å². The van der Waals surface area contributed by atoms with Crippen LogP contribution in [0.5, 0.6) is 0 Å². The van der Waals surface area contributed by atoms with Crippen LogP contribution in [0.1, 0.15) is 12.5 Å². The van der Waals surface area contributed by atoms with Crippen LogP contribution in [0.25, 0.3) is 0 Å². The molecule has 0 heterocycles. The molecule has 0 radical (unpaired) electrons. The molecule has 0 fully saturated rings. The first-order valence-corrected chi connectivity index (χ1v) is 7.63. The van der Waals surface area contributed by atoms with Crippen molar-refractivity contribution in [1.29, 1.82) is 0 Å². The van der Waals surface area contributed by atoms with Crippen molar-refractivity contribution in [2.45, 2.75) is 13.3 Å². The molecule has 2 rings (SSSR count). The Hall–Kier alpha value is -2.14. The van der Waals surface area contributed by atoms with Crippen molar-refractivity contribution in [1.82, 2.24) is 0 Å². The number of benzene rings is 2. The second kappa shape index (κ2) is 7.22. The van der Waals surface area contributed by atoms with Crippen LogP contribution in [0.4, 0.5) is 11.4 Å². The fraction of sp³-hybridized carbons (Fsp3) is 0.176. The molecule has 0 unspecified atom stereocenters. The van der Waals surface area contributed by atoms with E-state index in [-0.39, 0.29) is 11.8 Å². The fourth-order valence-electron chi connectivity index (χ4n) is 1.94. The van der Waals surface area contributed by atoms with Crippen molar-refractivity contribution in [3.63, 3.8) is 0 Å². The highest BCUT2D eigenvalue weighted by Crippen LogP contribution is 2.16. The Morgan fingerprint density at radius 3 is 2.18 bits per heavy atom. The summed E-state index contributed by atoms with van der Waals surface area (Å²) in [6.07, 6.45) is 0.292. The van der Waals surface area contributed by atoms with Gasteiger partial charge in [0.1, 0.15) is 0 Å². The third-order valence-electron chi connectivity index (χ3n) is 3.29. The highest BCUT2D eigenvalue weighted by molar-refractivity contribution is 9.10. The van der Waals surface area contributed by atoms with Crippen molar-refractivity contribution < 1.29 is 9.59 Å². The third kappa shape index (κ3) is 4.43. The predicted molar refractivity (Wildman–Crippen MR) is 92.0 cm³/mol. The number of nitrogens with zero attached hydrogens (tertiary/aromatic N) is 1. The maximum atomic E-state index is 12.0. The zero-order valence-corrected chi connectivity index (χ0v) is 14.1. The van der Waals surface area contributed by atoms with Crippen molar-refractivity contribution in [3.05, 3.63) is 58.6 Å². The Morgan fingerprint density at radius 1 is 1.05 bits per heavy atom. The minimum absolute atomic E-state index is 0.0271. The molecule has 0 aliphatic carbocycles. The van der Waals surface area contributed by atoms with Gasteiger partial charge in [-0.3, -0.25) is 9.59 Å². The lowest BCUT2D eigenvalue weighted by molar-refractivity contribution is -0.116. The Kier molecular flexibility index (Phi) is 5.33. The van der Waals surface area contributed by atoms with E-state index in [9.17, 15) is 9.59 Å². The van der Waals surface area contributed by atoms with E-state index in [0.717, 1.165) is 21.4 Å². The minimum atomic E-state index is -0.0741. The summed E-state index contributed by atoms with van der Waals surface area (Å²) in [6.45, 7) is 1.51. The Bertz CT molecular complexity index is 666. The molecule has 4 nitrogen and oxygen atoms in total. The molecule has 0 aromatic heterocycles. The Morgan fingerprint density at radius 2 is 1.64 bits per heavy atom. The van der Waals surface area contributed by atoms with E-state index in [4.69, 9.17) is 0 Å². The van der Waals surface area contributed by atoms with E-state index < -0.39 is 0 Å². The van der Waals surface area contributed by atoms with Crippen LogP contribution in [0.2, 0.25) is 0 Å². The van der Waals surface area contributed by atoms with Gasteiger partial charge < -0.3 is 10.2 Å². The molecule has 5 heteroatoms. The lowest BCUT2D eigenvalue weighted by Gasteiger charge is -2.15. The second-order valence-corrected chi connectivity index (χ2v) is 5.89. The first kappa shape index (κ1) is 16.2. The number of halogens is 1. The van der Waals surface area contributed by atoms with Crippen LogP contribution in [0, 0.1) is 0 Å². The van der Waals surface area contributed by atoms with E-state index in [1.165, 1.54) is 6.92 Å². The molecule has 2 amide bonds. The highest BCUT2D eigenvalue weighted by atomic mass is 79.9. The molecule has 0 saturated carbocycles. The molecular weight excluding hydrogens is 344 g/mol. The predicted octanol–water partition coefficient (Wildman–Crippen LogP) is 3.61. The molecule has 0 atom stereocenters. The molecule has 2 aromatic carbocycles. The van der Waals surface area contributed by atoms with Crippen molar-refractivity contribution in [3.8, 4) is 0 Å². The summed E-state index contributed by atoms with van der Waals surface area (Å²) in [4.78, 5) is 24.9. The van der Waals surface area contributed by atoms with Crippen LogP contribution >= 0.6 is 15.9 Å². The number of hydrogen-bond donors (Lipinski definition) is 1. The van der Waals surface area contributed by atoms with Gasteiger partial charge in [-0.25, -0.2) is 0 Å². The molecule has 0 bridgehead atoms. The summed E-state index contributed by atoms with van der Waals surface area (Å²) in [5, 5.41) is 2.85. The Balaban J connectivity index is 1.97. The number of rotatable bonds is 4. The van der Waals surface area contributed by atoms with Crippen LogP contribution in [0.3, 0.4) is 0 Å². The maximum absolute atomic E-state index is 12.0. The summed E-state index contributed by atoms with van der Waals surface area (Å²) in [6, 6.07) is 14.8. The molecular formula is C17H17BrN2O2. The number of carbonyl (C=O) groups is 2. The molecule has 114 valence electrons. The van der Waals surface area contributed by atoms with E-state index in [0.29, 0.717) is 6.42 Å². The lowest BCUT2D eigenvalue weighted by atomic mass is 10.1. The number of hydrogen-bond acceptors (Lipinski definition) is 2. The molecule has 0 saturated heterocycles. The first-order valence-electron chi connectivity index (χ1n) is 6.84. The van der Waals surface area contributed by atoms with E-state index in [1.807, 2.05) is 48.5 Å². The normalized spacial score (nSPS) is 10.1. The summed E-state index contributed by atoms with van der Waals surface area (Å²) >= 11 is 3.35. The van der Waals surface area contributed by atoms with Gasteiger partial charge in [0.15, 0.2) is 0 Å².